The molecule has 0 spiro atoms. The summed E-state index contributed by atoms with van der Waals surface area (Å²) in [4.78, 5) is 34.5. The van der Waals surface area contributed by atoms with Gasteiger partial charge in [0, 0.05) is 25.7 Å². The molecule has 0 aromatic heterocycles. The molecule has 2 aliphatic rings. The van der Waals surface area contributed by atoms with Crippen LogP contribution in [0.1, 0.15) is 42.6 Å². The minimum Gasteiger partial charge on any atom is -0.490 e. The highest BCUT2D eigenvalue weighted by atomic mass is 79.9. The molecule has 2 heterocycles. The smallest absolute Gasteiger partial charge is 0.266 e. The van der Waals surface area contributed by atoms with Gasteiger partial charge in [0.05, 0.1) is 41.5 Å². The summed E-state index contributed by atoms with van der Waals surface area (Å²) >= 11 is 4.89. The molecule has 0 atom stereocenters. The van der Waals surface area contributed by atoms with Crippen LogP contribution in [0.15, 0.2) is 50.8 Å². The number of nitrogens with zero attached hydrogens (tertiary/aromatic N) is 3. The molecule has 2 aromatic rings. The van der Waals surface area contributed by atoms with Crippen molar-refractivity contribution in [3.8, 4) is 11.5 Å². The number of rotatable bonds is 9. The second kappa shape index (κ2) is 13.3. The zero-order valence-corrected chi connectivity index (χ0v) is 24.3. The summed E-state index contributed by atoms with van der Waals surface area (Å²) in [6.07, 6.45) is 3.82. The maximum Gasteiger partial charge on any atom is 0.266 e. The molecule has 0 radical (unpaired) electrons. The molecule has 0 bridgehead atoms. The van der Waals surface area contributed by atoms with Crippen molar-refractivity contribution in [2.75, 3.05) is 46.6 Å². The van der Waals surface area contributed by atoms with E-state index in [0.717, 1.165) is 22.9 Å². The molecule has 2 aromatic carbocycles. The first-order chi connectivity index (χ1) is 18.4. The molecule has 202 valence electrons. The van der Waals surface area contributed by atoms with E-state index >= 15 is 0 Å². The Morgan fingerprint density at radius 2 is 1.97 bits per heavy atom. The highest BCUT2D eigenvalue weighted by Gasteiger charge is 2.30. The quantitative estimate of drug-likeness (QED) is 0.269. The SMILES string of the molecule is CCCCOc1c(Br)cc(/C=C2/SC(=Nc3cccc(C(=O)N4CCOCC4)c3)N(C)C2=O)cc1OCC. The minimum atomic E-state index is -0.147. The molecule has 0 unspecified atom stereocenters. The van der Waals surface area contributed by atoms with Gasteiger partial charge in [0.25, 0.3) is 11.8 Å². The predicted octanol–water partition coefficient (Wildman–Crippen LogP) is 5.73. The van der Waals surface area contributed by atoms with Gasteiger partial charge in [-0.25, -0.2) is 4.99 Å². The van der Waals surface area contributed by atoms with E-state index in [1.165, 1.54) is 16.7 Å². The van der Waals surface area contributed by atoms with Gasteiger partial charge in [-0.1, -0.05) is 19.4 Å². The van der Waals surface area contributed by atoms with Crippen LogP contribution in [0.4, 0.5) is 5.69 Å². The van der Waals surface area contributed by atoms with E-state index in [1.807, 2.05) is 37.3 Å². The molecule has 0 saturated carbocycles. The summed E-state index contributed by atoms with van der Waals surface area (Å²) in [5.41, 5.74) is 1.99. The van der Waals surface area contributed by atoms with Crippen molar-refractivity contribution in [3.63, 3.8) is 0 Å². The van der Waals surface area contributed by atoms with E-state index in [9.17, 15) is 9.59 Å². The molecule has 0 aliphatic carbocycles. The molecule has 2 aliphatic heterocycles. The highest BCUT2D eigenvalue weighted by Crippen LogP contribution is 2.39. The molecule has 0 N–H and O–H groups in total. The summed E-state index contributed by atoms with van der Waals surface area (Å²) in [5.74, 6) is 1.10. The third-order valence-electron chi connectivity index (χ3n) is 5.99. The van der Waals surface area contributed by atoms with E-state index in [1.54, 1.807) is 24.1 Å². The Morgan fingerprint density at radius 1 is 1.18 bits per heavy atom. The number of carbonyl (C=O) groups is 2. The Labute approximate surface area is 236 Å². The fourth-order valence-electron chi connectivity index (χ4n) is 3.96. The number of likely N-dealkylation sites (N-methyl/N-ethyl adjacent to an activating group) is 1. The third kappa shape index (κ3) is 6.78. The number of hydrogen-bond donors (Lipinski definition) is 0. The fourth-order valence-corrected chi connectivity index (χ4v) is 5.52. The molecular formula is C28H32BrN3O5S. The summed E-state index contributed by atoms with van der Waals surface area (Å²) < 4.78 is 17.9. The molecule has 2 fully saturated rings. The number of amidine groups is 1. The van der Waals surface area contributed by atoms with Gasteiger partial charge in [0.15, 0.2) is 16.7 Å². The van der Waals surface area contributed by atoms with Gasteiger partial charge in [0.2, 0.25) is 0 Å². The first-order valence-electron chi connectivity index (χ1n) is 12.7. The number of benzene rings is 2. The molecular weight excluding hydrogens is 570 g/mol. The van der Waals surface area contributed by atoms with E-state index in [2.05, 4.69) is 27.8 Å². The van der Waals surface area contributed by atoms with Crippen molar-refractivity contribution >= 4 is 56.4 Å². The number of halogens is 1. The molecule has 10 heteroatoms. The van der Waals surface area contributed by atoms with Crippen LogP contribution >= 0.6 is 27.7 Å². The number of thioether (sulfide) groups is 1. The second-order valence-corrected chi connectivity index (χ2v) is 10.7. The van der Waals surface area contributed by atoms with Crippen LogP contribution in [-0.2, 0) is 9.53 Å². The van der Waals surface area contributed by atoms with Crippen molar-refractivity contribution in [2.45, 2.75) is 26.7 Å². The minimum absolute atomic E-state index is 0.0442. The van der Waals surface area contributed by atoms with Gasteiger partial charge in [-0.15, -0.1) is 0 Å². The van der Waals surface area contributed by atoms with Gasteiger partial charge in [-0.3, -0.25) is 14.5 Å². The number of morpholine rings is 1. The molecule has 8 nitrogen and oxygen atoms in total. The van der Waals surface area contributed by atoms with Gasteiger partial charge < -0.3 is 19.1 Å². The normalized spacial score (nSPS) is 17.9. The maximum absolute atomic E-state index is 13.0. The first kappa shape index (κ1) is 28.2. The van der Waals surface area contributed by atoms with Crippen molar-refractivity contribution in [1.82, 2.24) is 9.80 Å². The van der Waals surface area contributed by atoms with E-state index < -0.39 is 0 Å². The first-order valence-corrected chi connectivity index (χ1v) is 14.3. The lowest BCUT2D eigenvalue weighted by molar-refractivity contribution is -0.121. The number of ether oxygens (including phenoxy) is 3. The van der Waals surface area contributed by atoms with E-state index in [0.29, 0.717) is 72.3 Å². The zero-order valence-electron chi connectivity index (χ0n) is 21.9. The van der Waals surface area contributed by atoms with Gasteiger partial charge in [0.1, 0.15) is 0 Å². The average molecular weight is 603 g/mol. The second-order valence-electron chi connectivity index (χ2n) is 8.79. The monoisotopic (exact) mass is 601 g/mol. The maximum atomic E-state index is 13.0. The van der Waals surface area contributed by atoms with Crippen LogP contribution in [0.3, 0.4) is 0 Å². The lowest BCUT2D eigenvalue weighted by Gasteiger charge is -2.26. The van der Waals surface area contributed by atoms with Crippen molar-refractivity contribution in [1.29, 1.82) is 0 Å². The largest absolute Gasteiger partial charge is 0.490 e. The zero-order chi connectivity index (χ0) is 27.1. The Hall–Kier alpha value is -2.82. The summed E-state index contributed by atoms with van der Waals surface area (Å²) in [6, 6.07) is 11.0. The third-order valence-corrected chi connectivity index (χ3v) is 7.64. The predicted molar refractivity (Wildman–Crippen MR) is 154 cm³/mol. The van der Waals surface area contributed by atoms with Crippen LogP contribution in [0.5, 0.6) is 11.5 Å². The van der Waals surface area contributed by atoms with Crippen LogP contribution in [0, 0.1) is 0 Å². The molecule has 2 amide bonds. The fraction of sp³-hybridized carbons (Fsp3) is 0.393. The average Bonchev–Trinajstić information content (AvgIpc) is 3.18. The Morgan fingerprint density at radius 3 is 2.71 bits per heavy atom. The lowest BCUT2D eigenvalue weighted by atomic mass is 10.1. The molecule has 2 saturated heterocycles. The number of hydrogen-bond acceptors (Lipinski definition) is 7. The van der Waals surface area contributed by atoms with Crippen LogP contribution in [-0.4, -0.2) is 73.3 Å². The molecule has 38 heavy (non-hydrogen) atoms. The number of amides is 2. The van der Waals surface area contributed by atoms with Crippen molar-refractivity contribution in [3.05, 3.63) is 56.9 Å². The topological polar surface area (TPSA) is 80.7 Å². The van der Waals surface area contributed by atoms with Gasteiger partial charge >= 0.3 is 0 Å². The summed E-state index contributed by atoms with van der Waals surface area (Å²) in [5, 5.41) is 0.542. The molecule has 4 rings (SSSR count). The summed E-state index contributed by atoms with van der Waals surface area (Å²) in [6.45, 7) is 7.38. The van der Waals surface area contributed by atoms with Crippen molar-refractivity contribution < 1.29 is 23.8 Å². The lowest BCUT2D eigenvalue weighted by Crippen LogP contribution is -2.40. The number of carbonyl (C=O) groups excluding carboxylic acids is 2. The number of aliphatic imine (C=N–C) groups is 1. The van der Waals surface area contributed by atoms with Crippen molar-refractivity contribution in [2.24, 2.45) is 4.99 Å². The van der Waals surface area contributed by atoms with Gasteiger partial charge in [-0.05, 0) is 83.0 Å². The Kier molecular flexibility index (Phi) is 9.87. The number of unbranched alkanes of at least 4 members (excludes halogenated alkanes) is 1. The summed E-state index contributed by atoms with van der Waals surface area (Å²) in [7, 11) is 1.70. The van der Waals surface area contributed by atoms with E-state index in [-0.39, 0.29) is 11.8 Å². The van der Waals surface area contributed by atoms with Crippen LogP contribution < -0.4 is 9.47 Å². The Balaban J connectivity index is 1.55. The highest BCUT2D eigenvalue weighted by molar-refractivity contribution is 9.10. The van der Waals surface area contributed by atoms with Gasteiger partial charge in [-0.2, -0.15) is 0 Å². The van der Waals surface area contributed by atoms with Crippen LogP contribution in [0.25, 0.3) is 6.08 Å². The Bertz CT molecular complexity index is 1240. The van der Waals surface area contributed by atoms with Crippen LogP contribution in [0.2, 0.25) is 0 Å². The standard InChI is InChI=1S/C28H32BrN3O5S/c1-4-6-12-37-25-22(29)15-19(16-23(25)36-5-2)17-24-27(34)31(3)28(38-24)30-21-9-7-8-20(18-21)26(33)32-10-13-35-14-11-32/h7-9,15-18H,4-6,10-14H2,1-3H3/b24-17+,30-28?. The van der Waals surface area contributed by atoms with E-state index in [4.69, 9.17) is 14.2 Å².